The van der Waals surface area contributed by atoms with Crippen LogP contribution >= 0.6 is 0 Å². The van der Waals surface area contributed by atoms with Crippen LogP contribution in [0.15, 0.2) is 0 Å². The Morgan fingerprint density at radius 2 is 2.00 bits per heavy atom. The molecule has 1 saturated heterocycles. The van der Waals surface area contributed by atoms with Gasteiger partial charge in [-0.3, -0.25) is 9.59 Å². The average Bonchev–Trinajstić information content (AvgIpc) is 2.28. The van der Waals surface area contributed by atoms with E-state index in [1.165, 1.54) is 0 Å². The number of nitrogens with one attached hydrogen (secondary N) is 1. The van der Waals surface area contributed by atoms with Gasteiger partial charge in [0.2, 0.25) is 11.8 Å². The Balaban J connectivity index is 2.92. The van der Waals surface area contributed by atoms with Crippen LogP contribution in [-0.4, -0.2) is 41.8 Å². The molecule has 6 heteroatoms. The number of alkyl halides is 2. The highest BCUT2D eigenvalue weighted by Crippen LogP contribution is 2.17. The number of rotatable bonds is 3. The predicted octanol–water partition coefficient (Wildman–Crippen LogP) is 1.01. The Bertz CT molecular complexity index is 308. The van der Waals surface area contributed by atoms with Gasteiger partial charge in [-0.1, -0.05) is 13.8 Å². The lowest BCUT2D eigenvalue weighted by Gasteiger charge is -2.29. The predicted molar refractivity (Wildman–Crippen MR) is 58.6 cm³/mol. The zero-order chi connectivity index (χ0) is 13.2. The van der Waals surface area contributed by atoms with Gasteiger partial charge < -0.3 is 10.2 Å². The van der Waals surface area contributed by atoms with Gasteiger partial charge in [-0.05, 0) is 12.8 Å². The summed E-state index contributed by atoms with van der Waals surface area (Å²) in [5.74, 6) is -0.795. The minimum Gasteiger partial charge on any atom is -0.344 e. The molecule has 17 heavy (non-hydrogen) atoms. The molecule has 0 bridgehead atoms. The van der Waals surface area contributed by atoms with E-state index in [-0.39, 0.29) is 18.2 Å². The summed E-state index contributed by atoms with van der Waals surface area (Å²) in [6.45, 7) is 4.56. The van der Waals surface area contributed by atoms with Gasteiger partial charge >= 0.3 is 0 Å². The number of nitrogens with zero attached hydrogens (tertiary/aromatic N) is 1. The molecule has 1 aliphatic rings. The second-order valence-electron chi connectivity index (χ2n) is 4.72. The van der Waals surface area contributed by atoms with Crippen molar-refractivity contribution in [2.75, 3.05) is 6.54 Å². The van der Waals surface area contributed by atoms with Crippen LogP contribution in [0.3, 0.4) is 0 Å². The van der Waals surface area contributed by atoms with Crippen molar-refractivity contribution < 1.29 is 18.4 Å². The first kappa shape index (κ1) is 13.9. The molecule has 1 fully saturated rings. The van der Waals surface area contributed by atoms with E-state index in [4.69, 9.17) is 0 Å². The van der Waals surface area contributed by atoms with Gasteiger partial charge in [-0.2, -0.15) is 0 Å². The molecule has 98 valence electrons. The molecule has 0 radical (unpaired) electrons. The van der Waals surface area contributed by atoms with E-state index in [1.807, 2.05) is 0 Å². The van der Waals surface area contributed by atoms with E-state index in [1.54, 1.807) is 20.8 Å². The van der Waals surface area contributed by atoms with Crippen molar-refractivity contribution in [1.82, 2.24) is 10.2 Å². The van der Waals surface area contributed by atoms with E-state index in [0.717, 1.165) is 4.90 Å². The van der Waals surface area contributed by atoms with Crippen LogP contribution < -0.4 is 5.32 Å². The van der Waals surface area contributed by atoms with Crippen LogP contribution in [0.25, 0.3) is 0 Å². The van der Waals surface area contributed by atoms with Crippen LogP contribution in [0.5, 0.6) is 0 Å². The molecule has 2 amide bonds. The topological polar surface area (TPSA) is 49.4 Å². The second-order valence-corrected chi connectivity index (χ2v) is 4.72. The summed E-state index contributed by atoms with van der Waals surface area (Å²) in [5, 5.41) is 2.59. The third-order valence-corrected chi connectivity index (χ3v) is 2.88. The van der Waals surface area contributed by atoms with Crippen LogP contribution in [0, 0.1) is 5.92 Å². The normalized spacial score (nSPS) is 26.4. The van der Waals surface area contributed by atoms with Crippen molar-refractivity contribution in [1.29, 1.82) is 0 Å². The summed E-state index contributed by atoms with van der Waals surface area (Å²) in [5.41, 5.74) is 0. The number of halogens is 2. The van der Waals surface area contributed by atoms with Crippen LogP contribution in [0.2, 0.25) is 0 Å². The van der Waals surface area contributed by atoms with Crippen molar-refractivity contribution in [3.05, 3.63) is 0 Å². The van der Waals surface area contributed by atoms with Crippen molar-refractivity contribution in [3.63, 3.8) is 0 Å². The molecule has 2 atom stereocenters. The van der Waals surface area contributed by atoms with Gasteiger partial charge in [0.05, 0.1) is 6.54 Å². The lowest BCUT2D eigenvalue weighted by molar-refractivity contribution is -0.138. The summed E-state index contributed by atoms with van der Waals surface area (Å²) >= 11 is 0. The lowest BCUT2D eigenvalue weighted by Crippen LogP contribution is -2.50. The fraction of sp³-hybridized carbons (Fsp3) is 0.818. The fourth-order valence-corrected chi connectivity index (χ4v) is 1.94. The quantitative estimate of drug-likeness (QED) is 0.810. The summed E-state index contributed by atoms with van der Waals surface area (Å²) < 4.78 is 24.8. The molecule has 0 aromatic carbocycles. The first-order chi connectivity index (χ1) is 7.82. The highest BCUT2D eigenvalue weighted by atomic mass is 19.3. The zero-order valence-electron chi connectivity index (χ0n) is 10.2. The third-order valence-electron chi connectivity index (χ3n) is 2.88. The van der Waals surface area contributed by atoms with Gasteiger partial charge in [-0.15, -0.1) is 0 Å². The van der Waals surface area contributed by atoms with E-state index < -0.39 is 31.0 Å². The minimum atomic E-state index is -2.58. The second kappa shape index (κ2) is 5.42. The Labute approximate surface area is 99.3 Å². The van der Waals surface area contributed by atoms with Crippen LogP contribution in [-0.2, 0) is 9.59 Å². The Kier molecular flexibility index (Phi) is 4.42. The highest BCUT2D eigenvalue weighted by Gasteiger charge is 2.36. The van der Waals surface area contributed by atoms with E-state index in [2.05, 4.69) is 5.32 Å². The summed E-state index contributed by atoms with van der Waals surface area (Å²) in [7, 11) is 0. The minimum absolute atomic E-state index is 0.0711. The smallest absolute Gasteiger partial charge is 0.255 e. The molecule has 0 aromatic heterocycles. The van der Waals surface area contributed by atoms with Gasteiger partial charge in [0, 0.05) is 12.5 Å². The molecular weight excluding hydrogens is 230 g/mol. The van der Waals surface area contributed by atoms with Gasteiger partial charge in [0.1, 0.15) is 6.04 Å². The third kappa shape index (κ3) is 3.38. The molecule has 0 spiro atoms. The first-order valence-electron chi connectivity index (χ1n) is 5.71. The molecule has 2 unspecified atom stereocenters. The number of carbonyl (C=O) groups excluding carboxylic acids is 2. The number of amides is 2. The Morgan fingerprint density at radius 1 is 1.41 bits per heavy atom. The Hall–Kier alpha value is -1.20. The van der Waals surface area contributed by atoms with Gasteiger partial charge in [0.15, 0.2) is 0 Å². The van der Waals surface area contributed by atoms with Crippen molar-refractivity contribution >= 4 is 11.8 Å². The van der Waals surface area contributed by atoms with Crippen LogP contribution in [0.4, 0.5) is 8.78 Å². The standard InChI is InChI=1S/C11H18F2N2O2/c1-6(2)10-11(17)15(5-8(12)13)7(3)4-9(16)14-10/h6-8,10H,4-5H2,1-3H3,(H,14,16). The largest absolute Gasteiger partial charge is 0.344 e. The maximum Gasteiger partial charge on any atom is 0.255 e. The van der Waals surface area contributed by atoms with Crippen molar-refractivity contribution in [2.24, 2.45) is 5.92 Å². The monoisotopic (exact) mass is 248 g/mol. The lowest BCUT2D eigenvalue weighted by atomic mass is 10.0. The maximum atomic E-state index is 12.4. The molecule has 0 aromatic rings. The van der Waals surface area contributed by atoms with E-state index in [9.17, 15) is 18.4 Å². The van der Waals surface area contributed by atoms with Crippen molar-refractivity contribution in [2.45, 2.75) is 45.7 Å². The average molecular weight is 248 g/mol. The molecule has 1 rings (SSSR count). The summed E-state index contributed by atoms with van der Waals surface area (Å²) in [4.78, 5) is 24.7. The van der Waals surface area contributed by atoms with Crippen LogP contribution in [0.1, 0.15) is 27.2 Å². The molecule has 1 N–H and O–H groups in total. The van der Waals surface area contributed by atoms with E-state index >= 15 is 0 Å². The van der Waals surface area contributed by atoms with Gasteiger partial charge in [0.25, 0.3) is 6.43 Å². The molecule has 1 heterocycles. The Morgan fingerprint density at radius 3 is 2.47 bits per heavy atom. The molecule has 4 nitrogen and oxygen atoms in total. The van der Waals surface area contributed by atoms with Crippen molar-refractivity contribution in [3.8, 4) is 0 Å². The fourth-order valence-electron chi connectivity index (χ4n) is 1.94. The highest BCUT2D eigenvalue weighted by molar-refractivity contribution is 5.90. The molecule has 0 aliphatic carbocycles. The summed E-state index contributed by atoms with van der Waals surface area (Å²) in [6.07, 6.45) is -2.51. The zero-order valence-corrected chi connectivity index (χ0v) is 10.2. The molecule has 0 saturated carbocycles. The van der Waals surface area contributed by atoms with Gasteiger partial charge in [-0.25, -0.2) is 8.78 Å². The molecule has 1 aliphatic heterocycles. The summed E-state index contributed by atoms with van der Waals surface area (Å²) in [6, 6.07) is -1.19. The van der Waals surface area contributed by atoms with E-state index in [0.29, 0.717) is 0 Å². The maximum absolute atomic E-state index is 12.4. The first-order valence-corrected chi connectivity index (χ1v) is 5.71. The SMILES string of the molecule is CC(C)C1NC(=O)CC(C)N(CC(F)F)C1=O. The molecular formula is C11H18F2N2O2. The number of hydrogen-bond donors (Lipinski definition) is 1. The number of hydrogen-bond acceptors (Lipinski definition) is 2. The number of carbonyl (C=O) groups is 2.